The molecule has 22 heavy (non-hydrogen) atoms. The second-order valence-corrected chi connectivity index (χ2v) is 4.90. The highest BCUT2D eigenvalue weighted by molar-refractivity contribution is 6.35. The maximum Gasteiger partial charge on any atom is 0.357 e. The van der Waals surface area contributed by atoms with Crippen molar-refractivity contribution < 1.29 is 19.1 Å². The first kappa shape index (κ1) is 14.3. The summed E-state index contributed by atoms with van der Waals surface area (Å²) in [5.41, 5.74) is 0.0697. The van der Waals surface area contributed by atoms with Crippen molar-refractivity contribution >= 4 is 35.1 Å². The molecule has 0 fully saturated rings. The van der Waals surface area contributed by atoms with E-state index >= 15 is 0 Å². The zero-order valence-electron chi connectivity index (χ0n) is 11.4. The Labute approximate surface area is 129 Å². The molecule has 0 saturated heterocycles. The molecule has 2 aromatic rings. The minimum Gasteiger partial charge on any atom is -0.461 e. The van der Waals surface area contributed by atoms with E-state index in [1.165, 1.54) is 12.1 Å². The Balaban J connectivity index is 2.02. The topological polar surface area (TPSA) is 92.4 Å². The highest BCUT2D eigenvalue weighted by Crippen LogP contribution is 2.30. The summed E-state index contributed by atoms with van der Waals surface area (Å²) in [6.07, 6.45) is 0. The average molecular weight is 320 g/mol. The lowest BCUT2D eigenvalue weighted by Gasteiger charge is -2.14. The highest BCUT2D eigenvalue weighted by Gasteiger charge is 2.43. The molecule has 1 N–H and O–H groups in total. The lowest BCUT2D eigenvalue weighted by Crippen LogP contribution is -2.30. The fraction of sp³-hybridized carbons (Fsp3) is 0.143. The van der Waals surface area contributed by atoms with Crippen LogP contribution in [0.25, 0.3) is 0 Å². The number of anilines is 1. The third-order valence-corrected chi connectivity index (χ3v) is 3.41. The number of H-pyrrole nitrogens is 1. The molecule has 1 aromatic carbocycles. The van der Waals surface area contributed by atoms with Crippen LogP contribution in [0.4, 0.5) is 5.69 Å². The molecular formula is C14H10ClN3O4. The number of carbonyl (C=O) groups is 3. The van der Waals surface area contributed by atoms with Crippen LogP contribution >= 0.6 is 11.6 Å². The lowest BCUT2D eigenvalue weighted by atomic mass is 10.2. The Hall–Kier alpha value is -2.67. The Bertz CT molecular complexity index is 782. The van der Waals surface area contributed by atoms with E-state index in [4.69, 9.17) is 16.3 Å². The number of aromatic amines is 1. The number of ether oxygens (including phenoxy) is 1. The maximum absolute atomic E-state index is 12.5. The van der Waals surface area contributed by atoms with Crippen molar-refractivity contribution in [2.75, 3.05) is 11.5 Å². The van der Waals surface area contributed by atoms with Gasteiger partial charge in [-0.05, 0) is 31.2 Å². The van der Waals surface area contributed by atoms with Crippen LogP contribution in [0.2, 0.25) is 5.02 Å². The van der Waals surface area contributed by atoms with E-state index in [1.54, 1.807) is 19.1 Å². The van der Waals surface area contributed by atoms with Crippen LogP contribution in [0.15, 0.2) is 24.3 Å². The van der Waals surface area contributed by atoms with Gasteiger partial charge in [-0.25, -0.2) is 9.69 Å². The van der Waals surface area contributed by atoms with Crippen molar-refractivity contribution in [3.8, 4) is 0 Å². The summed E-state index contributed by atoms with van der Waals surface area (Å²) < 4.78 is 4.84. The minimum atomic E-state index is -0.727. The van der Waals surface area contributed by atoms with Gasteiger partial charge in [-0.15, -0.1) is 0 Å². The average Bonchev–Trinajstić information content (AvgIpc) is 3.03. The van der Waals surface area contributed by atoms with Crippen LogP contribution < -0.4 is 4.90 Å². The number of imide groups is 1. The molecule has 1 aromatic heterocycles. The first-order valence-electron chi connectivity index (χ1n) is 6.44. The highest BCUT2D eigenvalue weighted by atomic mass is 35.5. The summed E-state index contributed by atoms with van der Waals surface area (Å²) >= 11 is 5.79. The number of nitrogens with zero attached hydrogens (tertiary/aromatic N) is 2. The summed E-state index contributed by atoms with van der Waals surface area (Å²) in [6.45, 7) is 1.79. The Kier molecular flexibility index (Phi) is 3.42. The molecule has 2 amide bonds. The Morgan fingerprint density at radius 1 is 1.27 bits per heavy atom. The van der Waals surface area contributed by atoms with E-state index in [0.717, 1.165) is 4.90 Å². The molecule has 0 bridgehead atoms. The van der Waals surface area contributed by atoms with Crippen LogP contribution in [-0.2, 0) is 4.74 Å². The molecule has 2 heterocycles. The quantitative estimate of drug-likeness (QED) is 0.690. The van der Waals surface area contributed by atoms with Gasteiger partial charge >= 0.3 is 5.97 Å². The number of rotatable bonds is 3. The summed E-state index contributed by atoms with van der Waals surface area (Å²) in [4.78, 5) is 37.6. The minimum absolute atomic E-state index is 0.0709. The number of hydrogen-bond donors (Lipinski definition) is 1. The summed E-state index contributed by atoms with van der Waals surface area (Å²) in [5, 5.41) is 6.63. The van der Waals surface area contributed by atoms with Gasteiger partial charge in [0.15, 0.2) is 11.4 Å². The van der Waals surface area contributed by atoms with Gasteiger partial charge in [0.1, 0.15) is 5.56 Å². The number of aromatic nitrogens is 2. The van der Waals surface area contributed by atoms with E-state index < -0.39 is 17.8 Å². The van der Waals surface area contributed by atoms with E-state index in [2.05, 4.69) is 10.2 Å². The van der Waals surface area contributed by atoms with Crippen LogP contribution in [-0.4, -0.2) is 34.6 Å². The molecule has 0 radical (unpaired) electrons. The number of amides is 2. The third kappa shape index (κ3) is 2.06. The van der Waals surface area contributed by atoms with E-state index in [0.29, 0.717) is 10.7 Å². The van der Waals surface area contributed by atoms with Gasteiger partial charge in [0, 0.05) is 5.02 Å². The molecule has 0 spiro atoms. The van der Waals surface area contributed by atoms with Crippen LogP contribution in [0.1, 0.15) is 38.3 Å². The van der Waals surface area contributed by atoms with Crippen LogP contribution in [0.5, 0.6) is 0 Å². The van der Waals surface area contributed by atoms with Crippen molar-refractivity contribution in [2.24, 2.45) is 0 Å². The Morgan fingerprint density at radius 2 is 1.95 bits per heavy atom. The summed E-state index contributed by atoms with van der Waals surface area (Å²) in [7, 11) is 0. The zero-order valence-corrected chi connectivity index (χ0v) is 12.2. The fourth-order valence-electron chi connectivity index (χ4n) is 2.19. The molecule has 112 valence electrons. The molecule has 0 atom stereocenters. The van der Waals surface area contributed by atoms with Gasteiger partial charge in [0.2, 0.25) is 0 Å². The monoisotopic (exact) mass is 319 g/mol. The molecular weight excluding hydrogens is 310 g/mol. The van der Waals surface area contributed by atoms with Crippen molar-refractivity contribution in [1.29, 1.82) is 0 Å². The maximum atomic E-state index is 12.5. The first-order chi connectivity index (χ1) is 10.5. The van der Waals surface area contributed by atoms with E-state index in [9.17, 15) is 14.4 Å². The SMILES string of the molecule is CCOC(=O)c1[nH]nc2c1C(=O)N(c1ccc(Cl)cc1)C2=O. The lowest BCUT2D eigenvalue weighted by molar-refractivity contribution is 0.0516. The fourth-order valence-corrected chi connectivity index (χ4v) is 2.32. The molecule has 1 aliphatic rings. The van der Waals surface area contributed by atoms with Crippen LogP contribution in [0.3, 0.4) is 0 Å². The van der Waals surface area contributed by atoms with Gasteiger partial charge in [-0.1, -0.05) is 11.6 Å². The molecule has 8 heteroatoms. The van der Waals surface area contributed by atoms with Gasteiger partial charge < -0.3 is 4.74 Å². The van der Waals surface area contributed by atoms with Gasteiger partial charge in [-0.3, -0.25) is 14.7 Å². The number of hydrogen-bond acceptors (Lipinski definition) is 5. The number of nitrogens with one attached hydrogen (secondary N) is 1. The van der Waals surface area contributed by atoms with Crippen molar-refractivity contribution in [1.82, 2.24) is 10.2 Å². The molecule has 3 rings (SSSR count). The van der Waals surface area contributed by atoms with Gasteiger partial charge in [0.25, 0.3) is 11.8 Å². The van der Waals surface area contributed by atoms with Crippen molar-refractivity contribution in [3.63, 3.8) is 0 Å². The number of halogens is 1. The molecule has 0 saturated carbocycles. The summed E-state index contributed by atoms with van der Waals surface area (Å²) in [5.74, 6) is -1.95. The third-order valence-electron chi connectivity index (χ3n) is 3.15. The number of fused-ring (bicyclic) bond motifs is 1. The predicted molar refractivity (Wildman–Crippen MR) is 77.1 cm³/mol. The first-order valence-corrected chi connectivity index (χ1v) is 6.82. The Morgan fingerprint density at radius 3 is 2.59 bits per heavy atom. The van der Waals surface area contributed by atoms with Gasteiger partial charge in [-0.2, -0.15) is 5.10 Å². The van der Waals surface area contributed by atoms with Crippen molar-refractivity contribution in [3.05, 3.63) is 46.2 Å². The molecule has 1 aliphatic heterocycles. The van der Waals surface area contributed by atoms with Crippen LogP contribution in [0, 0.1) is 0 Å². The second kappa shape index (κ2) is 5.27. The number of esters is 1. The normalized spacial score (nSPS) is 13.5. The standard InChI is InChI=1S/C14H10ClN3O4/c1-2-22-14(21)11-9-10(16-17-11)13(20)18(12(9)19)8-5-3-7(15)4-6-8/h3-6H,2H2,1H3,(H,16,17). The van der Waals surface area contributed by atoms with E-state index in [-0.39, 0.29) is 23.6 Å². The number of benzene rings is 1. The van der Waals surface area contributed by atoms with Crippen molar-refractivity contribution in [2.45, 2.75) is 6.92 Å². The smallest absolute Gasteiger partial charge is 0.357 e. The zero-order chi connectivity index (χ0) is 15.9. The predicted octanol–water partition coefficient (Wildman–Crippen LogP) is 2.04. The largest absolute Gasteiger partial charge is 0.461 e. The molecule has 0 aliphatic carbocycles. The van der Waals surface area contributed by atoms with E-state index in [1.807, 2.05) is 0 Å². The number of carbonyl (C=O) groups excluding carboxylic acids is 3. The summed E-state index contributed by atoms with van der Waals surface area (Å²) in [6, 6.07) is 6.20. The second-order valence-electron chi connectivity index (χ2n) is 4.46. The molecule has 7 nitrogen and oxygen atoms in total. The van der Waals surface area contributed by atoms with Gasteiger partial charge in [0.05, 0.1) is 12.3 Å². The molecule has 0 unspecified atom stereocenters.